The molecule has 0 spiro atoms. The van der Waals surface area contributed by atoms with E-state index in [-0.39, 0.29) is 17.5 Å². The lowest BCUT2D eigenvalue weighted by atomic mass is 10.2. The summed E-state index contributed by atoms with van der Waals surface area (Å²) in [6.45, 7) is -0.501. The molecule has 0 fully saturated rings. The van der Waals surface area contributed by atoms with Crippen molar-refractivity contribution >= 4 is 17.5 Å². The van der Waals surface area contributed by atoms with E-state index < -0.39 is 18.8 Å². The van der Waals surface area contributed by atoms with Crippen LogP contribution in [0.3, 0.4) is 0 Å². The second-order valence-electron chi connectivity index (χ2n) is 5.17. The molecule has 1 atom stereocenters. The van der Waals surface area contributed by atoms with Gasteiger partial charge in [0, 0.05) is 12.7 Å². The summed E-state index contributed by atoms with van der Waals surface area (Å²) in [6, 6.07) is 6.75. The van der Waals surface area contributed by atoms with Crippen LogP contribution in [0.2, 0.25) is 0 Å². The standard InChI is InChI=1S/C15H12F3N5O/c1-23-12(15(16,17)18)8-24-11-7-20-14(22-13(11)23)21-10-4-2-9(6-19)3-5-10/h2-5,7,12H,8H2,1H3,(H,20,21,22). The Bertz CT molecular complexity index is 785. The predicted molar refractivity (Wildman–Crippen MR) is 80.2 cm³/mol. The molecular formula is C15H12F3N5O. The smallest absolute Gasteiger partial charge is 0.412 e. The number of aromatic nitrogens is 2. The van der Waals surface area contributed by atoms with Gasteiger partial charge in [-0.2, -0.15) is 23.4 Å². The summed E-state index contributed by atoms with van der Waals surface area (Å²) in [5, 5.41) is 11.6. The number of nitrogens with one attached hydrogen (secondary N) is 1. The van der Waals surface area contributed by atoms with Gasteiger partial charge in [0.25, 0.3) is 0 Å². The summed E-state index contributed by atoms with van der Waals surface area (Å²) >= 11 is 0. The van der Waals surface area contributed by atoms with Crippen LogP contribution in [-0.2, 0) is 0 Å². The van der Waals surface area contributed by atoms with Gasteiger partial charge >= 0.3 is 6.18 Å². The molecule has 124 valence electrons. The molecular weight excluding hydrogens is 323 g/mol. The first-order valence-corrected chi connectivity index (χ1v) is 6.95. The molecule has 0 amide bonds. The van der Waals surface area contributed by atoms with E-state index in [1.54, 1.807) is 24.3 Å². The topological polar surface area (TPSA) is 74.1 Å². The zero-order valence-corrected chi connectivity index (χ0v) is 12.5. The maximum atomic E-state index is 13.0. The van der Waals surface area contributed by atoms with Crippen LogP contribution in [0.25, 0.3) is 0 Å². The van der Waals surface area contributed by atoms with Crippen LogP contribution in [0.4, 0.5) is 30.6 Å². The average molecular weight is 335 g/mol. The Kier molecular flexibility index (Phi) is 3.89. The van der Waals surface area contributed by atoms with E-state index in [9.17, 15) is 13.2 Å². The van der Waals surface area contributed by atoms with E-state index in [0.29, 0.717) is 11.3 Å². The molecule has 1 aromatic carbocycles. The number of nitrogens with zero attached hydrogens (tertiary/aromatic N) is 4. The normalized spacial score (nSPS) is 16.8. The van der Waals surface area contributed by atoms with Crippen LogP contribution in [0, 0.1) is 11.3 Å². The van der Waals surface area contributed by atoms with Gasteiger partial charge in [0.1, 0.15) is 6.61 Å². The van der Waals surface area contributed by atoms with E-state index in [1.807, 2.05) is 6.07 Å². The molecule has 1 aliphatic rings. The van der Waals surface area contributed by atoms with Crippen molar-refractivity contribution in [2.45, 2.75) is 12.2 Å². The lowest BCUT2D eigenvalue weighted by Crippen LogP contribution is -2.50. The summed E-state index contributed by atoms with van der Waals surface area (Å²) in [5.41, 5.74) is 1.11. The fraction of sp³-hybridized carbons (Fsp3) is 0.267. The molecule has 1 aromatic heterocycles. The second-order valence-corrected chi connectivity index (χ2v) is 5.17. The fourth-order valence-corrected chi connectivity index (χ4v) is 2.28. The Hall–Kier alpha value is -3.02. The Morgan fingerprint density at radius 2 is 2.04 bits per heavy atom. The number of fused-ring (bicyclic) bond motifs is 1. The minimum Gasteiger partial charge on any atom is -0.486 e. The lowest BCUT2D eigenvalue weighted by molar-refractivity contribution is -0.155. The molecule has 3 rings (SSSR count). The van der Waals surface area contributed by atoms with Crippen LogP contribution in [0.5, 0.6) is 5.75 Å². The van der Waals surface area contributed by atoms with E-state index in [0.717, 1.165) is 4.90 Å². The van der Waals surface area contributed by atoms with Crippen molar-refractivity contribution in [1.29, 1.82) is 5.26 Å². The van der Waals surface area contributed by atoms with Crippen molar-refractivity contribution in [3.63, 3.8) is 0 Å². The summed E-state index contributed by atoms with van der Waals surface area (Å²) in [7, 11) is 1.32. The molecule has 24 heavy (non-hydrogen) atoms. The first-order chi connectivity index (χ1) is 11.4. The van der Waals surface area contributed by atoms with Gasteiger partial charge in [0.05, 0.1) is 17.8 Å². The molecule has 1 aliphatic heterocycles. The van der Waals surface area contributed by atoms with Crippen LogP contribution in [0.1, 0.15) is 5.56 Å². The van der Waals surface area contributed by atoms with Crippen LogP contribution >= 0.6 is 0 Å². The Morgan fingerprint density at radius 3 is 2.67 bits per heavy atom. The minimum atomic E-state index is -4.42. The van der Waals surface area contributed by atoms with Gasteiger partial charge in [-0.3, -0.25) is 0 Å². The Balaban J connectivity index is 1.85. The Morgan fingerprint density at radius 1 is 1.33 bits per heavy atom. The Labute approximate surface area is 135 Å². The monoisotopic (exact) mass is 335 g/mol. The number of alkyl halides is 3. The van der Waals surface area contributed by atoms with Gasteiger partial charge in [-0.15, -0.1) is 0 Å². The predicted octanol–water partition coefficient (Wildman–Crippen LogP) is 2.85. The van der Waals surface area contributed by atoms with Crippen molar-refractivity contribution in [2.24, 2.45) is 0 Å². The molecule has 2 aromatic rings. The molecule has 0 radical (unpaired) electrons. The van der Waals surface area contributed by atoms with Crippen molar-refractivity contribution in [1.82, 2.24) is 9.97 Å². The lowest BCUT2D eigenvalue weighted by Gasteiger charge is -2.35. The third-order valence-electron chi connectivity index (χ3n) is 3.58. The molecule has 0 bridgehead atoms. The van der Waals surface area contributed by atoms with Gasteiger partial charge in [0.15, 0.2) is 17.6 Å². The molecule has 1 N–H and O–H groups in total. The number of nitriles is 1. The maximum Gasteiger partial charge on any atom is 0.412 e. The van der Waals surface area contributed by atoms with Crippen LogP contribution < -0.4 is 15.0 Å². The highest BCUT2D eigenvalue weighted by atomic mass is 19.4. The number of benzene rings is 1. The number of anilines is 3. The number of rotatable bonds is 2. The maximum absolute atomic E-state index is 13.0. The molecule has 0 aliphatic carbocycles. The van der Waals surface area contributed by atoms with Gasteiger partial charge in [-0.1, -0.05) is 0 Å². The van der Waals surface area contributed by atoms with Gasteiger partial charge in [-0.25, -0.2) is 4.98 Å². The van der Waals surface area contributed by atoms with Crippen LogP contribution in [0.15, 0.2) is 30.5 Å². The molecule has 0 saturated carbocycles. The zero-order valence-electron chi connectivity index (χ0n) is 12.5. The zero-order chi connectivity index (χ0) is 17.3. The minimum absolute atomic E-state index is 0.0646. The molecule has 6 nitrogen and oxygen atoms in total. The molecule has 2 heterocycles. The highest BCUT2D eigenvalue weighted by Gasteiger charge is 2.46. The number of likely N-dealkylation sites (N-methyl/N-ethyl adjacent to an activating group) is 1. The number of hydrogen-bond acceptors (Lipinski definition) is 6. The SMILES string of the molecule is CN1c2nc(Nc3ccc(C#N)cc3)ncc2OCC1C(F)(F)F. The third-order valence-corrected chi connectivity index (χ3v) is 3.58. The first kappa shape index (κ1) is 15.9. The van der Waals surface area contributed by atoms with Crippen molar-refractivity contribution in [3.05, 3.63) is 36.0 Å². The first-order valence-electron chi connectivity index (χ1n) is 6.95. The van der Waals surface area contributed by atoms with Crippen molar-refractivity contribution in [3.8, 4) is 11.8 Å². The average Bonchev–Trinajstić information content (AvgIpc) is 2.55. The fourth-order valence-electron chi connectivity index (χ4n) is 2.28. The van der Waals surface area contributed by atoms with E-state index >= 15 is 0 Å². The van der Waals surface area contributed by atoms with Gasteiger partial charge in [0.2, 0.25) is 5.95 Å². The molecule has 0 saturated heterocycles. The van der Waals surface area contributed by atoms with Crippen molar-refractivity contribution in [2.75, 3.05) is 23.9 Å². The van der Waals surface area contributed by atoms with Gasteiger partial charge in [-0.05, 0) is 24.3 Å². The van der Waals surface area contributed by atoms with E-state index in [2.05, 4.69) is 15.3 Å². The van der Waals surface area contributed by atoms with E-state index in [1.165, 1.54) is 13.2 Å². The highest BCUT2D eigenvalue weighted by molar-refractivity contribution is 5.60. The third kappa shape index (κ3) is 3.03. The summed E-state index contributed by atoms with van der Waals surface area (Å²) in [5.74, 6) is 0.398. The van der Waals surface area contributed by atoms with E-state index in [4.69, 9.17) is 10.00 Å². The number of halogens is 3. The molecule has 9 heteroatoms. The summed E-state index contributed by atoms with van der Waals surface area (Å²) in [6.07, 6.45) is -3.09. The quantitative estimate of drug-likeness (QED) is 0.910. The van der Waals surface area contributed by atoms with Crippen LogP contribution in [-0.4, -0.2) is 35.8 Å². The number of hydrogen-bond donors (Lipinski definition) is 1. The number of ether oxygens (including phenoxy) is 1. The van der Waals surface area contributed by atoms with Crippen molar-refractivity contribution < 1.29 is 17.9 Å². The summed E-state index contributed by atoms with van der Waals surface area (Å²) < 4.78 is 44.1. The largest absolute Gasteiger partial charge is 0.486 e. The second kappa shape index (κ2) is 5.88. The summed E-state index contributed by atoms with van der Waals surface area (Å²) in [4.78, 5) is 9.17. The molecule has 1 unspecified atom stereocenters. The highest BCUT2D eigenvalue weighted by Crippen LogP contribution is 2.36. The van der Waals surface area contributed by atoms with Gasteiger partial charge < -0.3 is 15.0 Å².